The highest BCUT2D eigenvalue weighted by Gasteiger charge is 2.23. The minimum absolute atomic E-state index is 0.0208. The van der Waals surface area contributed by atoms with Crippen molar-refractivity contribution in [2.75, 3.05) is 19.6 Å². The first-order valence-electron chi connectivity index (χ1n) is 8.92. The maximum absolute atomic E-state index is 12.3. The quantitative estimate of drug-likeness (QED) is 0.780. The van der Waals surface area contributed by atoms with Crippen LogP contribution < -0.4 is 10.6 Å². The predicted molar refractivity (Wildman–Crippen MR) is 98.3 cm³/mol. The van der Waals surface area contributed by atoms with E-state index in [9.17, 15) is 9.59 Å². The Balaban J connectivity index is 1.51. The normalized spacial score (nSPS) is 13.8. The maximum Gasteiger partial charge on any atom is 0.318 e. The van der Waals surface area contributed by atoms with E-state index in [4.69, 9.17) is 0 Å². The van der Waals surface area contributed by atoms with Crippen molar-refractivity contribution in [3.8, 4) is 0 Å². The van der Waals surface area contributed by atoms with Gasteiger partial charge in [-0.1, -0.05) is 32.0 Å². The van der Waals surface area contributed by atoms with Crippen molar-refractivity contribution >= 4 is 22.8 Å². The van der Waals surface area contributed by atoms with Gasteiger partial charge >= 0.3 is 6.03 Å². The molecule has 0 saturated carbocycles. The molecular formula is C19H26N4O2. The SMILES string of the molecule is CC(C)CCNC(=O)CNC(=O)N1CCc2c([nH]c3ccccc23)C1. The average Bonchev–Trinajstić information content (AvgIpc) is 2.97. The van der Waals surface area contributed by atoms with Gasteiger partial charge in [-0.2, -0.15) is 0 Å². The van der Waals surface area contributed by atoms with Crippen molar-refractivity contribution in [3.05, 3.63) is 35.5 Å². The molecule has 1 aliphatic heterocycles. The van der Waals surface area contributed by atoms with E-state index in [2.05, 4.69) is 41.6 Å². The summed E-state index contributed by atoms with van der Waals surface area (Å²) < 4.78 is 0. The molecular weight excluding hydrogens is 316 g/mol. The molecule has 3 N–H and O–H groups in total. The molecule has 3 rings (SSSR count). The number of fused-ring (bicyclic) bond motifs is 3. The fourth-order valence-electron chi connectivity index (χ4n) is 3.20. The number of aromatic nitrogens is 1. The summed E-state index contributed by atoms with van der Waals surface area (Å²) in [5.74, 6) is 0.408. The highest BCUT2D eigenvalue weighted by Crippen LogP contribution is 2.27. The van der Waals surface area contributed by atoms with Crippen LogP contribution in [-0.4, -0.2) is 41.5 Å². The van der Waals surface area contributed by atoms with E-state index in [-0.39, 0.29) is 18.5 Å². The van der Waals surface area contributed by atoms with Crippen molar-refractivity contribution in [1.82, 2.24) is 20.5 Å². The molecule has 2 heterocycles. The average molecular weight is 342 g/mol. The monoisotopic (exact) mass is 342 g/mol. The van der Waals surface area contributed by atoms with Gasteiger partial charge in [0.2, 0.25) is 5.91 Å². The first kappa shape index (κ1) is 17.3. The summed E-state index contributed by atoms with van der Waals surface area (Å²) in [7, 11) is 0. The highest BCUT2D eigenvalue weighted by atomic mass is 16.2. The smallest absolute Gasteiger partial charge is 0.318 e. The molecule has 1 aromatic heterocycles. The van der Waals surface area contributed by atoms with Crippen molar-refractivity contribution in [1.29, 1.82) is 0 Å². The van der Waals surface area contributed by atoms with Gasteiger partial charge in [0.1, 0.15) is 0 Å². The summed E-state index contributed by atoms with van der Waals surface area (Å²) in [6, 6.07) is 8.02. The van der Waals surface area contributed by atoms with E-state index < -0.39 is 0 Å². The van der Waals surface area contributed by atoms with E-state index in [1.807, 2.05) is 12.1 Å². The maximum atomic E-state index is 12.3. The number of aromatic amines is 1. The molecule has 1 aliphatic rings. The summed E-state index contributed by atoms with van der Waals surface area (Å²) in [5.41, 5.74) is 3.49. The van der Waals surface area contributed by atoms with Gasteiger partial charge < -0.3 is 20.5 Å². The number of carbonyl (C=O) groups is 2. The van der Waals surface area contributed by atoms with Crippen LogP contribution in [0.3, 0.4) is 0 Å². The van der Waals surface area contributed by atoms with Gasteiger partial charge in [-0.05, 0) is 30.4 Å². The third-order valence-corrected chi connectivity index (χ3v) is 4.61. The molecule has 0 saturated heterocycles. The van der Waals surface area contributed by atoms with Gasteiger partial charge in [-0.15, -0.1) is 0 Å². The van der Waals surface area contributed by atoms with Crippen molar-refractivity contribution in [3.63, 3.8) is 0 Å². The molecule has 0 bridgehead atoms. The molecule has 6 heteroatoms. The molecule has 0 atom stereocenters. The van der Waals surface area contributed by atoms with Crippen LogP contribution in [0.1, 0.15) is 31.5 Å². The van der Waals surface area contributed by atoms with Gasteiger partial charge in [0.25, 0.3) is 0 Å². The Morgan fingerprint density at radius 1 is 1.24 bits per heavy atom. The second-order valence-corrected chi connectivity index (χ2v) is 6.99. The minimum atomic E-state index is -0.191. The van der Waals surface area contributed by atoms with Crippen LogP contribution in [0.2, 0.25) is 0 Å². The zero-order valence-electron chi connectivity index (χ0n) is 14.9. The molecule has 0 fully saturated rings. The third kappa shape index (κ3) is 4.13. The van der Waals surface area contributed by atoms with E-state index in [1.165, 1.54) is 10.9 Å². The molecule has 3 amide bonds. The van der Waals surface area contributed by atoms with Gasteiger partial charge in [0.15, 0.2) is 0 Å². The number of hydrogen-bond acceptors (Lipinski definition) is 2. The molecule has 0 aliphatic carbocycles. The summed E-state index contributed by atoms with van der Waals surface area (Å²) in [5, 5.41) is 6.78. The number of H-pyrrole nitrogens is 1. The number of hydrogen-bond donors (Lipinski definition) is 3. The topological polar surface area (TPSA) is 77.2 Å². The van der Waals surface area contributed by atoms with Crippen molar-refractivity contribution in [2.24, 2.45) is 5.92 Å². The van der Waals surface area contributed by atoms with Crippen molar-refractivity contribution in [2.45, 2.75) is 33.2 Å². The molecule has 25 heavy (non-hydrogen) atoms. The van der Waals surface area contributed by atoms with Gasteiger partial charge in [-0.3, -0.25) is 4.79 Å². The summed E-state index contributed by atoms with van der Waals surface area (Å²) in [6.45, 7) is 6.10. The Labute approximate surface area is 148 Å². The lowest BCUT2D eigenvalue weighted by molar-refractivity contribution is -0.120. The Morgan fingerprint density at radius 2 is 2.04 bits per heavy atom. The standard InChI is InChI=1S/C19H26N4O2/c1-13(2)7-9-20-18(24)11-21-19(25)23-10-8-15-14-5-3-4-6-16(14)22-17(15)12-23/h3-6,13,22H,7-12H2,1-2H3,(H,20,24)(H,21,25). The third-order valence-electron chi connectivity index (χ3n) is 4.61. The molecule has 2 aromatic rings. The number of carbonyl (C=O) groups excluding carboxylic acids is 2. The number of para-hydroxylation sites is 1. The molecule has 1 aromatic carbocycles. The van der Waals surface area contributed by atoms with Gasteiger partial charge in [-0.25, -0.2) is 4.79 Å². The Morgan fingerprint density at radius 3 is 2.84 bits per heavy atom. The van der Waals surface area contributed by atoms with Crippen LogP contribution in [-0.2, 0) is 17.8 Å². The zero-order chi connectivity index (χ0) is 17.8. The van der Waals surface area contributed by atoms with Crippen LogP contribution in [0.15, 0.2) is 24.3 Å². The lowest BCUT2D eigenvalue weighted by atomic mass is 10.0. The molecule has 0 unspecified atom stereocenters. The second kappa shape index (κ2) is 7.59. The predicted octanol–water partition coefficient (Wildman–Crippen LogP) is 2.40. The Bertz CT molecular complexity index is 766. The summed E-state index contributed by atoms with van der Waals surface area (Å²) >= 11 is 0. The first-order valence-corrected chi connectivity index (χ1v) is 8.92. The molecule has 134 valence electrons. The summed E-state index contributed by atoms with van der Waals surface area (Å²) in [6.07, 6.45) is 1.77. The number of urea groups is 1. The zero-order valence-corrected chi connectivity index (χ0v) is 14.9. The first-order chi connectivity index (χ1) is 12.0. The Kier molecular flexibility index (Phi) is 5.26. The van der Waals surface area contributed by atoms with E-state index in [0.717, 1.165) is 24.1 Å². The minimum Gasteiger partial charge on any atom is -0.357 e. The van der Waals surface area contributed by atoms with E-state index in [0.29, 0.717) is 25.6 Å². The van der Waals surface area contributed by atoms with Gasteiger partial charge in [0.05, 0.1) is 13.1 Å². The highest BCUT2D eigenvalue weighted by molar-refractivity contribution is 5.86. The van der Waals surface area contributed by atoms with Crippen LogP contribution in [0, 0.1) is 5.92 Å². The number of benzene rings is 1. The molecule has 6 nitrogen and oxygen atoms in total. The molecule has 0 radical (unpaired) electrons. The Hall–Kier alpha value is -2.50. The number of nitrogens with one attached hydrogen (secondary N) is 3. The largest absolute Gasteiger partial charge is 0.357 e. The summed E-state index contributed by atoms with van der Waals surface area (Å²) in [4.78, 5) is 29.3. The number of nitrogens with zero attached hydrogens (tertiary/aromatic N) is 1. The van der Waals surface area contributed by atoms with E-state index in [1.54, 1.807) is 4.90 Å². The van der Waals surface area contributed by atoms with E-state index >= 15 is 0 Å². The van der Waals surface area contributed by atoms with Crippen LogP contribution in [0.5, 0.6) is 0 Å². The van der Waals surface area contributed by atoms with Crippen LogP contribution in [0.4, 0.5) is 4.79 Å². The molecule has 0 spiro atoms. The number of amides is 3. The van der Waals surface area contributed by atoms with Crippen LogP contribution in [0.25, 0.3) is 10.9 Å². The lowest BCUT2D eigenvalue weighted by Gasteiger charge is -2.27. The lowest BCUT2D eigenvalue weighted by Crippen LogP contribution is -2.46. The second-order valence-electron chi connectivity index (χ2n) is 6.99. The van der Waals surface area contributed by atoms with Crippen molar-refractivity contribution < 1.29 is 9.59 Å². The fraction of sp³-hybridized carbons (Fsp3) is 0.474. The number of rotatable bonds is 5. The van der Waals surface area contributed by atoms with Crippen LogP contribution >= 0.6 is 0 Å². The fourth-order valence-corrected chi connectivity index (χ4v) is 3.20. The van der Waals surface area contributed by atoms with Gasteiger partial charge in [0, 0.05) is 29.7 Å².